The number of nitrogens with zero attached hydrogens (tertiary/aromatic N) is 6. The summed E-state index contributed by atoms with van der Waals surface area (Å²) in [7, 11) is 0. The Hall–Kier alpha value is -3.07. The highest BCUT2D eigenvalue weighted by Gasteiger charge is 2.25. The molecule has 1 aliphatic heterocycles. The number of hydrogen-bond acceptors (Lipinski definition) is 7. The summed E-state index contributed by atoms with van der Waals surface area (Å²) >= 11 is 0. The zero-order chi connectivity index (χ0) is 23.1. The van der Waals surface area contributed by atoms with Crippen LogP contribution in [0.15, 0.2) is 23.0 Å². The van der Waals surface area contributed by atoms with Gasteiger partial charge in [0.05, 0.1) is 11.4 Å². The van der Waals surface area contributed by atoms with Crippen LogP contribution in [0, 0.1) is 20.8 Å². The summed E-state index contributed by atoms with van der Waals surface area (Å²) in [5, 5.41) is 15.8. The maximum atomic E-state index is 8.36. The summed E-state index contributed by atoms with van der Waals surface area (Å²) in [6, 6.07) is 2.04. The molecule has 1 unspecified atom stereocenters. The molecule has 0 radical (unpaired) electrons. The van der Waals surface area contributed by atoms with Crippen LogP contribution in [-0.4, -0.2) is 54.5 Å². The number of rotatable bonds is 5. The molecule has 0 saturated carbocycles. The number of aromatic nitrogens is 5. The van der Waals surface area contributed by atoms with E-state index in [9.17, 15) is 0 Å². The summed E-state index contributed by atoms with van der Waals surface area (Å²) < 4.78 is 7.41. The molecule has 1 aliphatic rings. The number of aryl methyl sites for hydroxylation is 4. The Morgan fingerprint density at radius 2 is 2.03 bits per heavy atom. The molecule has 3 aromatic heterocycles. The summed E-state index contributed by atoms with van der Waals surface area (Å²) in [6.07, 6.45) is 7.93. The van der Waals surface area contributed by atoms with Crippen molar-refractivity contribution >= 4 is 6.47 Å². The SMILES string of the molecule is CCc1nc(C2CCCN(Cc3c(C)noc3C)CC2)n(-c2ccncc2C)n1.O=CO. The highest BCUT2D eigenvalue weighted by molar-refractivity contribution is 5.38. The number of likely N-dealkylation sites (tertiary alicyclic amines) is 1. The minimum atomic E-state index is -0.250. The fourth-order valence-electron chi connectivity index (χ4n) is 4.19. The van der Waals surface area contributed by atoms with E-state index >= 15 is 0 Å². The summed E-state index contributed by atoms with van der Waals surface area (Å²) in [5.74, 6) is 3.34. The Morgan fingerprint density at radius 3 is 2.69 bits per heavy atom. The monoisotopic (exact) mass is 440 g/mol. The Morgan fingerprint density at radius 1 is 1.25 bits per heavy atom. The normalized spacial score (nSPS) is 16.8. The van der Waals surface area contributed by atoms with Crippen LogP contribution in [0.5, 0.6) is 0 Å². The van der Waals surface area contributed by atoms with Crippen molar-refractivity contribution in [3.05, 3.63) is 52.7 Å². The quantitative estimate of drug-likeness (QED) is 0.599. The van der Waals surface area contributed by atoms with Gasteiger partial charge in [0.2, 0.25) is 0 Å². The molecule has 1 N–H and O–H groups in total. The second-order valence-electron chi connectivity index (χ2n) is 8.13. The van der Waals surface area contributed by atoms with E-state index in [0.29, 0.717) is 5.92 Å². The zero-order valence-electron chi connectivity index (χ0n) is 19.3. The third kappa shape index (κ3) is 5.40. The van der Waals surface area contributed by atoms with Gasteiger partial charge in [-0.15, -0.1) is 0 Å². The third-order valence-corrected chi connectivity index (χ3v) is 5.96. The molecular weight excluding hydrogens is 408 g/mol. The van der Waals surface area contributed by atoms with Crippen LogP contribution in [0.3, 0.4) is 0 Å². The van der Waals surface area contributed by atoms with Gasteiger partial charge in [0.1, 0.15) is 11.6 Å². The number of carboxylic acid groups (broad SMARTS) is 1. The molecule has 0 aromatic carbocycles. The maximum absolute atomic E-state index is 8.36. The molecule has 4 heterocycles. The van der Waals surface area contributed by atoms with E-state index in [0.717, 1.165) is 79.7 Å². The molecule has 172 valence electrons. The fourth-order valence-corrected chi connectivity index (χ4v) is 4.19. The summed E-state index contributed by atoms with van der Waals surface area (Å²) in [4.78, 5) is 20.0. The smallest absolute Gasteiger partial charge is 0.290 e. The molecule has 0 amide bonds. The lowest BCUT2D eigenvalue weighted by Gasteiger charge is -2.20. The Bertz CT molecular complexity index is 1010. The zero-order valence-corrected chi connectivity index (χ0v) is 19.3. The molecule has 3 aromatic rings. The fraction of sp³-hybridized carbons (Fsp3) is 0.522. The first-order valence-corrected chi connectivity index (χ1v) is 11.1. The van der Waals surface area contributed by atoms with Gasteiger partial charge in [-0.2, -0.15) is 5.10 Å². The van der Waals surface area contributed by atoms with E-state index < -0.39 is 0 Å². The van der Waals surface area contributed by atoms with Crippen molar-refractivity contribution in [2.45, 2.75) is 65.8 Å². The van der Waals surface area contributed by atoms with Crippen LogP contribution in [0.25, 0.3) is 5.69 Å². The highest BCUT2D eigenvalue weighted by atomic mass is 16.5. The van der Waals surface area contributed by atoms with Gasteiger partial charge < -0.3 is 9.63 Å². The lowest BCUT2D eigenvalue weighted by atomic mass is 9.99. The summed E-state index contributed by atoms with van der Waals surface area (Å²) in [5.41, 5.74) is 4.44. The van der Waals surface area contributed by atoms with Gasteiger partial charge in [-0.05, 0) is 64.8 Å². The second-order valence-corrected chi connectivity index (χ2v) is 8.13. The van der Waals surface area contributed by atoms with E-state index in [2.05, 4.69) is 33.6 Å². The molecule has 9 heteroatoms. The van der Waals surface area contributed by atoms with Crippen molar-refractivity contribution in [1.82, 2.24) is 29.8 Å². The van der Waals surface area contributed by atoms with Gasteiger partial charge in [-0.1, -0.05) is 12.1 Å². The molecule has 1 atom stereocenters. The van der Waals surface area contributed by atoms with E-state index in [-0.39, 0.29) is 6.47 Å². The highest BCUT2D eigenvalue weighted by Crippen LogP contribution is 2.30. The number of hydrogen-bond donors (Lipinski definition) is 1. The van der Waals surface area contributed by atoms with Crippen LogP contribution in [-0.2, 0) is 17.8 Å². The standard InChI is InChI=1S/C22H30N6O.CH2O2/c1-5-21-24-22(28(25-21)20-8-10-23-13-15(20)2)18-7-6-11-27(12-9-18)14-19-16(3)26-29-17(19)4;2-1-3/h8,10,13,18H,5-7,9,11-12,14H2,1-4H3;1H,(H,2,3). The predicted octanol–water partition coefficient (Wildman–Crippen LogP) is 3.61. The molecule has 1 saturated heterocycles. The average molecular weight is 441 g/mol. The van der Waals surface area contributed by atoms with Gasteiger partial charge in [0.15, 0.2) is 5.82 Å². The minimum absolute atomic E-state index is 0.250. The van der Waals surface area contributed by atoms with Crippen LogP contribution in [0.1, 0.15) is 66.3 Å². The van der Waals surface area contributed by atoms with Gasteiger partial charge in [-0.25, -0.2) is 9.67 Å². The van der Waals surface area contributed by atoms with Crippen LogP contribution >= 0.6 is 0 Å². The van der Waals surface area contributed by atoms with Crippen molar-refractivity contribution < 1.29 is 14.4 Å². The van der Waals surface area contributed by atoms with E-state index in [1.54, 1.807) is 0 Å². The van der Waals surface area contributed by atoms with E-state index in [4.69, 9.17) is 24.5 Å². The van der Waals surface area contributed by atoms with Crippen LogP contribution in [0.4, 0.5) is 0 Å². The molecule has 0 bridgehead atoms. The number of pyridine rings is 1. The van der Waals surface area contributed by atoms with Gasteiger partial charge in [-0.3, -0.25) is 14.7 Å². The number of carbonyl (C=O) groups is 1. The summed E-state index contributed by atoms with van der Waals surface area (Å²) in [6.45, 7) is 11.0. The predicted molar refractivity (Wildman–Crippen MR) is 120 cm³/mol. The van der Waals surface area contributed by atoms with E-state index in [1.165, 1.54) is 5.56 Å². The lowest BCUT2D eigenvalue weighted by molar-refractivity contribution is -0.122. The first kappa shape index (κ1) is 23.6. The molecule has 9 nitrogen and oxygen atoms in total. The van der Waals surface area contributed by atoms with Crippen LogP contribution < -0.4 is 0 Å². The topological polar surface area (TPSA) is 110 Å². The van der Waals surface area contributed by atoms with Crippen molar-refractivity contribution in [3.63, 3.8) is 0 Å². The third-order valence-electron chi connectivity index (χ3n) is 5.96. The Balaban J connectivity index is 0.000000913. The Labute approximate surface area is 188 Å². The Kier molecular flexibility index (Phi) is 8.10. The lowest BCUT2D eigenvalue weighted by Crippen LogP contribution is -2.25. The van der Waals surface area contributed by atoms with Gasteiger partial charge >= 0.3 is 0 Å². The first-order valence-electron chi connectivity index (χ1n) is 11.1. The molecule has 4 rings (SSSR count). The molecule has 32 heavy (non-hydrogen) atoms. The van der Waals surface area contributed by atoms with Gasteiger partial charge in [0, 0.05) is 36.8 Å². The first-order chi connectivity index (χ1) is 15.5. The molecule has 1 fully saturated rings. The average Bonchev–Trinajstić information content (AvgIpc) is 3.25. The van der Waals surface area contributed by atoms with Crippen molar-refractivity contribution in [2.24, 2.45) is 0 Å². The van der Waals surface area contributed by atoms with Crippen molar-refractivity contribution in [2.75, 3.05) is 13.1 Å². The minimum Gasteiger partial charge on any atom is -0.483 e. The van der Waals surface area contributed by atoms with Crippen molar-refractivity contribution in [3.8, 4) is 5.69 Å². The van der Waals surface area contributed by atoms with Crippen molar-refractivity contribution in [1.29, 1.82) is 0 Å². The van der Waals surface area contributed by atoms with Gasteiger partial charge in [0.25, 0.3) is 6.47 Å². The molecule has 0 aliphatic carbocycles. The van der Waals surface area contributed by atoms with E-state index in [1.807, 2.05) is 32.3 Å². The van der Waals surface area contributed by atoms with Crippen LogP contribution in [0.2, 0.25) is 0 Å². The maximum Gasteiger partial charge on any atom is 0.290 e. The largest absolute Gasteiger partial charge is 0.483 e. The molecular formula is C23H32N6O3. The molecule has 0 spiro atoms. The second kappa shape index (κ2) is 11.0.